The molecule has 0 radical (unpaired) electrons. The van der Waals surface area contributed by atoms with Gasteiger partial charge in [0.05, 0.1) is 5.56 Å². The number of aromatic nitrogens is 1. The van der Waals surface area contributed by atoms with Crippen LogP contribution in [0.1, 0.15) is 32.1 Å². The van der Waals surface area contributed by atoms with Crippen molar-refractivity contribution in [2.75, 3.05) is 6.54 Å². The van der Waals surface area contributed by atoms with Gasteiger partial charge in [0.25, 0.3) is 5.91 Å². The van der Waals surface area contributed by atoms with E-state index in [1.165, 1.54) is 0 Å². The third-order valence-electron chi connectivity index (χ3n) is 2.32. The Labute approximate surface area is 107 Å². The van der Waals surface area contributed by atoms with Gasteiger partial charge in [0.1, 0.15) is 5.69 Å². The van der Waals surface area contributed by atoms with E-state index in [9.17, 15) is 9.59 Å². The molecule has 0 unspecified atom stereocenters. The lowest BCUT2D eigenvalue weighted by molar-refractivity contribution is 0.0690. The molecule has 5 nitrogen and oxygen atoms in total. The van der Waals surface area contributed by atoms with Gasteiger partial charge in [-0.25, -0.2) is 4.79 Å². The first-order chi connectivity index (χ1) is 7.84. The van der Waals surface area contributed by atoms with Crippen molar-refractivity contribution in [3.8, 4) is 0 Å². The van der Waals surface area contributed by atoms with Crippen molar-refractivity contribution in [3.63, 3.8) is 0 Å². The van der Waals surface area contributed by atoms with Crippen molar-refractivity contribution < 1.29 is 14.7 Å². The first-order valence-corrected chi connectivity index (χ1v) is 5.67. The van der Waals surface area contributed by atoms with Gasteiger partial charge in [-0.05, 0) is 19.4 Å². The predicted octanol–water partition coefficient (Wildman–Crippen LogP) is 1.97. The summed E-state index contributed by atoms with van der Waals surface area (Å²) in [6.45, 7) is 7.16. The maximum atomic E-state index is 11.8. The van der Waals surface area contributed by atoms with Crippen molar-refractivity contribution in [2.24, 2.45) is 0 Å². The SMILES string of the molecule is C=C(Br)CNC(=O)c1c(C)[nH]c(C(=O)O)c1C. The van der Waals surface area contributed by atoms with Gasteiger partial charge in [-0.15, -0.1) is 0 Å². The summed E-state index contributed by atoms with van der Waals surface area (Å²) in [4.78, 5) is 25.4. The van der Waals surface area contributed by atoms with Crippen LogP contribution in [-0.2, 0) is 0 Å². The van der Waals surface area contributed by atoms with Crippen LogP contribution < -0.4 is 5.32 Å². The topological polar surface area (TPSA) is 82.2 Å². The van der Waals surface area contributed by atoms with E-state index in [1.54, 1.807) is 13.8 Å². The zero-order valence-electron chi connectivity index (χ0n) is 9.56. The average molecular weight is 301 g/mol. The third kappa shape index (κ3) is 2.97. The number of hydrogen-bond donors (Lipinski definition) is 3. The lowest BCUT2D eigenvalue weighted by Gasteiger charge is -2.04. The van der Waals surface area contributed by atoms with Crippen molar-refractivity contribution >= 4 is 27.8 Å². The third-order valence-corrected chi connectivity index (χ3v) is 2.60. The molecule has 17 heavy (non-hydrogen) atoms. The molecule has 0 atom stereocenters. The summed E-state index contributed by atoms with van der Waals surface area (Å²) in [7, 11) is 0. The van der Waals surface area contributed by atoms with Crippen molar-refractivity contribution in [2.45, 2.75) is 13.8 Å². The molecule has 1 aromatic heterocycles. The number of rotatable bonds is 4. The number of aryl methyl sites for hydroxylation is 1. The first-order valence-electron chi connectivity index (χ1n) is 4.88. The standard InChI is InChI=1S/C11H13BrN2O3/c1-5(12)4-13-10(15)8-6(2)9(11(16)17)14-7(8)3/h14H,1,4H2,2-3H3,(H,13,15)(H,16,17). The number of carbonyl (C=O) groups excluding carboxylic acids is 1. The van der Waals surface area contributed by atoms with Crippen molar-refractivity contribution in [1.29, 1.82) is 0 Å². The summed E-state index contributed by atoms with van der Waals surface area (Å²) in [5.74, 6) is -1.39. The van der Waals surface area contributed by atoms with Crippen LogP contribution in [0.15, 0.2) is 11.1 Å². The maximum Gasteiger partial charge on any atom is 0.352 e. The summed E-state index contributed by atoms with van der Waals surface area (Å²) in [5, 5.41) is 11.6. The molecule has 92 valence electrons. The van der Waals surface area contributed by atoms with Crippen LogP contribution in [0.5, 0.6) is 0 Å². The van der Waals surface area contributed by atoms with E-state index in [0.29, 0.717) is 27.8 Å². The highest BCUT2D eigenvalue weighted by atomic mass is 79.9. The maximum absolute atomic E-state index is 11.8. The number of carbonyl (C=O) groups is 2. The molecule has 3 N–H and O–H groups in total. The minimum absolute atomic E-state index is 0.0466. The van der Waals surface area contributed by atoms with E-state index in [4.69, 9.17) is 5.11 Å². The molecule has 0 fully saturated rings. The van der Waals surface area contributed by atoms with Gasteiger partial charge < -0.3 is 15.4 Å². The molecule has 0 aliphatic carbocycles. The lowest BCUT2D eigenvalue weighted by atomic mass is 10.1. The quantitative estimate of drug-likeness (QED) is 0.795. The van der Waals surface area contributed by atoms with Crippen LogP contribution in [0.4, 0.5) is 0 Å². The zero-order valence-corrected chi connectivity index (χ0v) is 11.1. The van der Waals surface area contributed by atoms with Crippen LogP contribution in [0.25, 0.3) is 0 Å². The Morgan fingerprint density at radius 1 is 1.47 bits per heavy atom. The fourth-order valence-electron chi connectivity index (χ4n) is 1.57. The van der Waals surface area contributed by atoms with Gasteiger partial charge in [-0.2, -0.15) is 0 Å². The van der Waals surface area contributed by atoms with Crippen LogP contribution >= 0.6 is 15.9 Å². The number of aromatic carboxylic acids is 1. The average Bonchev–Trinajstić information content (AvgIpc) is 2.51. The van der Waals surface area contributed by atoms with Gasteiger partial charge >= 0.3 is 5.97 Å². The minimum atomic E-state index is -1.07. The number of hydrogen-bond acceptors (Lipinski definition) is 2. The van der Waals surface area contributed by atoms with E-state index in [-0.39, 0.29) is 11.6 Å². The van der Waals surface area contributed by atoms with Crippen LogP contribution in [0, 0.1) is 13.8 Å². The van der Waals surface area contributed by atoms with Gasteiger partial charge in [0, 0.05) is 16.7 Å². The number of nitrogens with one attached hydrogen (secondary N) is 2. The Morgan fingerprint density at radius 3 is 2.47 bits per heavy atom. The number of carboxylic acid groups (broad SMARTS) is 1. The normalized spacial score (nSPS) is 10.1. The minimum Gasteiger partial charge on any atom is -0.477 e. The van der Waals surface area contributed by atoms with E-state index in [0.717, 1.165) is 0 Å². The molecular formula is C11H13BrN2O3. The fraction of sp³-hybridized carbons (Fsp3) is 0.273. The van der Waals surface area contributed by atoms with Gasteiger partial charge in [0.2, 0.25) is 0 Å². The smallest absolute Gasteiger partial charge is 0.352 e. The molecule has 0 saturated carbocycles. The summed E-state index contributed by atoms with van der Waals surface area (Å²) in [6.07, 6.45) is 0. The summed E-state index contributed by atoms with van der Waals surface area (Å²) in [5.41, 5.74) is 1.40. The molecule has 1 aromatic rings. The number of H-pyrrole nitrogens is 1. The largest absolute Gasteiger partial charge is 0.477 e. The second kappa shape index (κ2) is 5.18. The molecule has 0 aromatic carbocycles. The van der Waals surface area contributed by atoms with Crippen LogP contribution in [-0.4, -0.2) is 28.5 Å². The molecule has 6 heteroatoms. The Kier molecular flexibility index (Phi) is 4.11. The number of carboxylic acids is 1. The van der Waals surface area contributed by atoms with E-state index in [2.05, 4.69) is 32.8 Å². The summed E-state index contributed by atoms with van der Waals surface area (Å²) < 4.78 is 0.648. The van der Waals surface area contributed by atoms with E-state index in [1.807, 2.05) is 0 Å². The monoisotopic (exact) mass is 300 g/mol. The Hall–Kier alpha value is -1.56. The zero-order chi connectivity index (χ0) is 13.2. The number of halogens is 1. The lowest BCUT2D eigenvalue weighted by Crippen LogP contribution is -2.25. The summed E-state index contributed by atoms with van der Waals surface area (Å²) in [6, 6.07) is 0. The Balaban J connectivity index is 3.02. The Morgan fingerprint density at radius 2 is 2.06 bits per heavy atom. The highest BCUT2D eigenvalue weighted by Crippen LogP contribution is 2.17. The molecule has 0 saturated heterocycles. The first kappa shape index (κ1) is 13.5. The molecule has 1 rings (SSSR count). The van der Waals surface area contributed by atoms with E-state index < -0.39 is 5.97 Å². The van der Waals surface area contributed by atoms with Crippen LogP contribution in [0.3, 0.4) is 0 Å². The molecule has 1 amide bonds. The molecule has 0 aliphatic heterocycles. The van der Waals surface area contributed by atoms with Crippen molar-refractivity contribution in [1.82, 2.24) is 10.3 Å². The van der Waals surface area contributed by atoms with Gasteiger partial charge in [-0.1, -0.05) is 22.5 Å². The number of amides is 1. The number of aromatic amines is 1. The van der Waals surface area contributed by atoms with Crippen LogP contribution in [0.2, 0.25) is 0 Å². The summed E-state index contributed by atoms with van der Waals surface area (Å²) >= 11 is 3.13. The second-order valence-corrected chi connectivity index (χ2v) is 4.75. The van der Waals surface area contributed by atoms with E-state index >= 15 is 0 Å². The molecule has 0 spiro atoms. The molecule has 0 bridgehead atoms. The highest BCUT2D eigenvalue weighted by Gasteiger charge is 2.21. The molecule has 0 aliphatic rings. The molecular weight excluding hydrogens is 288 g/mol. The van der Waals surface area contributed by atoms with Crippen molar-refractivity contribution in [3.05, 3.63) is 33.6 Å². The molecule has 1 heterocycles. The fourth-order valence-corrected chi connectivity index (χ4v) is 1.71. The second-order valence-electron chi connectivity index (χ2n) is 3.63. The van der Waals surface area contributed by atoms with Gasteiger partial charge in [-0.3, -0.25) is 4.79 Å². The Bertz CT molecular complexity index is 491. The highest BCUT2D eigenvalue weighted by molar-refractivity contribution is 9.11. The van der Waals surface area contributed by atoms with Gasteiger partial charge in [0.15, 0.2) is 0 Å². The predicted molar refractivity (Wildman–Crippen MR) is 67.6 cm³/mol.